The fourth-order valence-corrected chi connectivity index (χ4v) is 4.23. The molecule has 2 amide bonds. The zero-order valence-electron chi connectivity index (χ0n) is 17.4. The van der Waals surface area contributed by atoms with E-state index in [-0.39, 0.29) is 12.1 Å². The number of methoxy groups -OCH3 is 1. The van der Waals surface area contributed by atoms with Gasteiger partial charge in [-0.05, 0) is 44.0 Å². The Morgan fingerprint density at radius 1 is 1.23 bits per heavy atom. The molecule has 3 aromatic heterocycles. The van der Waals surface area contributed by atoms with Crippen LogP contribution < -0.4 is 19.9 Å². The molecule has 31 heavy (non-hydrogen) atoms. The lowest BCUT2D eigenvalue weighted by Gasteiger charge is -2.45. The van der Waals surface area contributed by atoms with Crippen LogP contribution in [0.4, 0.5) is 22.1 Å². The molecule has 5 rings (SSSR count). The lowest BCUT2D eigenvalue weighted by Crippen LogP contribution is -2.56. The van der Waals surface area contributed by atoms with E-state index >= 15 is 0 Å². The van der Waals surface area contributed by atoms with E-state index in [0.717, 1.165) is 48.6 Å². The van der Waals surface area contributed by atoms with Crippen LogP contribution in [0.3, 0.4) is 0 Å². The van der Waals surface area contributed by atoms with Crippen LogP contribution in [0, 0.1) is 6.92 Å². The van der Waals surface area contributed by atoms with Crippen LogP contribution in [0.2, 0.25) is 0 Å². The van der Waals surface area contributed by atoms with E-state index in [0.29, 0.717) is 17.5 Å². The monoisotopic (exact) mass is 417 g/mol. The SMILES string of the molecule is COc1cncc(NC(=O)N2c3nc(-c4ccnc(C)c4)ccc3N3CCC[C@H]2C3)n1. The van der Waals surface area contributed by atoms with Gasteiger partial charge in [-0.3, -0.25) is 20.2 Å². The summed E-state index contributed by atoms with van der Waals surface area (Å²) in [6.07, 6.45) is 6.72. The topological polar surface area (TPSA) is 96.4 Å². The zero-order chi connectivity index (χ0) is 21.4. The number of urea groups is 1. The Morgan fingerprint density at radius 2 is 2.13 bits per heavy atom. The van der Waals surface area contributed by atoms with Gasteiger partial charge in [0, 0.05) is 30.5 Å². The van der Waals surface area contributed by atoms with Gasteiger partial charge in [0.25, 0.3) is 0 Å². The van der Waals surface area contributed by atoms with Gasteiger partial charge in [0.15, 0.2) is 11.6 Å². The van der Waals surface area contributed by atoms with Gasteiger partial charge in [-0.15, -0.1) is 0 Å². The molecule has 9 heteroatoms. The second-order valence-corrected chi connectivity index (χ2v) is 7.71. The minimum Gasteiger partial charge on any atom is -0.480 e. The Bertz CT molecular complexity index is 1140. The third kappa shape index (κ3) is 3.63. The second-order valence-electron chi connectivity index (χ2n) is 7.71. The van der Waals surface area contributed by atoms with Crippen LogP contribution in [0.25, 0.3) is 11.3 Å². The number of hydrogen-bond acceptors (Lipinski definition) is 7. The zero-order valence-corrected chi connectivity index (χ0v) is 17.4. The number of carbonyl (C=O) groups excluding carboxylic acids is 1. The predicted octanol–water partition coefficient (Wildman–Crippen LogP) is 3.27. The lowest BCUT2D eigenvalue weighted by molar-refractivity contribution is 0.252. The van der Waals surface area contributed by atoms with Crippen LogP contribution in [-0.2, 0) is 0 Å². The summed E-state index contributed by atoms with van der Waals surface area (Å²) >= 11 is 0. The van der Waals surface area contributed by atoms with E-state index in [4.69, 9.17) is 9.72 Å². The Balaban J connectivity index is 1.53. The van der Waals surface area contributed by atoms with Gasteiger partial charge in [0.05, 0.1) is 36.9 Å². The summed E-state index contributed by atoms with van der Waals surface area (Å²) in [6, 6.07) is 7.76. The second kappa shape index (κ2) is 7.82. The molecule has 1 saturated heterocycles. The van der Waals surface area contributed by atoms with Crippen molar-refractivity contribution >= 4 is 23.4 Å². The summed E-state index contributed by atoms with van der Waals surface area (Å²) in [7, 11) is 1.51. The maximum atomic E-state index is 13.4. The summed E-state index contributed by atoms with van der Waals surface area (Å²) in [4.78, 5) is 35.0. The molecule has 5 heterocycles. The van der Waals surface area contributed by atoms with Crippen molar-refractivity contribution in [3.8, 4) is 17.1 Å². The van der Waals surface area contributed by atoms with Gasteiger partial charge in [-0.2, -0.15) is 4.98 Å². The number of piperidine rings is 1. The molecular formula is C22H23N7O2. The molecule has 3 aromatic rings. The van der Waals surface area contributed by atoms with Crippen LogP contribution in [0.5, 0.6) is 5.88 Å². The largest absolute Gasteiger partial charge is 0.480 e. The smallest absolute Gasteiger partial charge is 0.329 e. The molecule has 1 fully saturated rings. The van der Waals surface area contributed by atoms with Crippen molar-refractivity contribution in [3.63, 3.8) is 0 Å². The summed E-state index contributed by atoms with van der Waals surface area (Å²) in [6.45, 7) is 3.71. The van der Waals surface area contributed by atoms with Crippen molar-refractivity contribution in [3.05, 3.63) is 48.5 Å². The first-order valence-electron chi connectivity index (χ1n) is 10.3. The number of carbonyl (C=O) groups is 1. The molecule has 0 spiro atoms. The summed E-state index contributed by atoms with van der Waals surface area (Å²) in [5.41, 5.74) is 3.67. The number of fused-ring (bicyclic) bond motifs is 4. The van der Waals surface area contributed by atoms with Crippen LogP contribution in [0.15, 0.2) is 42.9 Å². The van der Waals surface area contributed by atoms with Gasteiger partial charge in [0.1, 0.15) is 0 Å². The molecular weight excluding hydrogens is 394 g/mol. The van der Waals surface area contributed by atoms with Crippen molar-refractivity contribution in [2.24, 2.45) is 0 Å². The highest BCUT2D eigenvalue weighted by atomic mass is 16.5. The summed E-state index contributed by atoms with van der Waals surface area (Å²) in [5.74, 6) is 1.34. The quantitative estimate of drug-likeness (QED) is 0.699. The molecule has 0 radical (unpaired) electrons. The molecule has 0 aromatic carbocycles. The minimum atomic E-state index is -0.272. The first-order chi connectivity index (χ1) is 15.1. The average Bonchev–Trinajstić information content (AvgIpc) is 2.79. The van der Waals surface area contributed by atoms with Crippen molar-refractivity contribution in [2.45, 2.75) is 25.8 Å². The Labute approximate surface area is 180 Å². The molecule has 2 aliphatic heterocycles. The van der Waals surface area contributed by atoms with E-state index < -0.39 is 0 Å². The Hall–Kier alpha value is -3.75. The number of hydrogen-bond donors (Lipinski definition) is 1. The number of nitrogens with zero attached hydrogens (tertiary/aromatic N) is 6. The van der Waals surface area contributed by atoms with Gasteiger partial charge in [-0.25, -0.2) is 9.78 Å². The van der Waals surface area contributed by atoms with Crippen LogP contribution in [-0.4, -0.2) is 52.2 Å². The maximum absolute atomic E-state index is 13.4. The maximum Gasteiger partial charge on any atom is 0.329 e. The van der Waals surface area contributed by atoms with E-state index in [1.54, 1.807) is 11.1 Å². The number of amides is 2. The van der Waals surface area contributed by atoms with Crippen molar-refractivity contribution in [2.75, 3.05) is 35.3 Å². The molecule has 1 N–H and O–H groups in total. The highest BCUT2D eigenvalue weighted by molar-refractivity contribution is 6.04. The third-order valence-electron chi connectivity index (χ3n) is 5.65. The standard InChI is InChI=1S/C22H23N7O2/c1-14-10-15(7-8-24-14)17-5-6-18-21(25-17)29(16-4-3-9-28(18)13-16)22(30)27-19-11-23-12-20(26-19)31-2/h5-8,10-12,16H,3-4,9,13H2,1-2H3,(H,26,27,30)/t16-/m0/s1. The Morgan fingerprint density at radius 3 is 2.97 bits per heavy atom. The lowest BCUT2D eigenvalue weighted by atomic mass is 9.99. The van der Waals surface area contributed by atoms with Crippen LogP contribution >= 0.6 is 0 Å². The number of pyridine rings is 2. The third-order valence-corrected chi connectivity index (χ3v) is 5.65. The summed E-state index contributed by atoms with van der Waals surface area (Å²) in [5, 5.41) is 2.86. The number of aromatic nitrogens is 4. The number of ether oxygens (including phenoxy) is 1. The molecule has 0 unspecified atom stereocenters. The van der Waals surface area contributed by atoms with E-state index in [2.05, 4.69) is 31.2 Å². The normalized spacial score (nSPS) is 17.2. The van der Waals surface area contributed by atoms with Crippen molar-refractivity contribution in [1.29, 1.82) is 0 Å². The van der Waals surface area contributed by atoms with Gasteiger partial charge < -0.3 is 9.64 Å². The minimum absolute atomic E-state index is 0.0433. The van der Waals surface area contributed by atoms with E-state index in [1.165, 1.54) is 19.5 Å². The first-order valence-corrected chi connectivity index (χ1v) is 10.3. The molecule has 158 valence electrons. The molecule has 9 nitrogen and oxygen atoms in total. The first kappa shape index (κ1) is 19.2. The Kier molecular flexibility index (Phi) is 4.85. The fraction of sp³-hybridized carbons (Fsp3) is 0.318. The van der Waals surface area contributed by atoms with Crippen molar-refractivity contribution < 1.29 is 9.53 Å². The van der Waals surface area contributed by atoms with Crippen LogP contribution in [0.1, 0.15) is 18.5 Å². The highest BCUT2D eigenvalue weighted by Crippen LogP contribution is 2.39. The molecule has 1 atom stereocenters. The van der Waals surface area contributed by atoms with Crippen molar-refractivity contribution in [1.82, 2.24) is 19.9 Å². The highest BCUT2D eigenvalue weighted by Gasteiger charge is 2.38. The molecule has 2 aliphatic rings. The van der Waals surface area contributed by atoms with E-state index in [1.807, 2.05) is 25.1 Å². The predicted molar refractivity (Wildman–Crippen MR) is 118 cm³/mol. The molecule has 0 aliphatic carbocycles. The van der Waals surface area contributed by atoms with Gasteiger partial charge in [0.2, 0.25) is 5.88 Å². The fourth-order valence-electron chi connectivity index (χ4n) is 4.23. The number of aryl methyl sites for hydroxylation is 1. The number of anilines is 3. The summed E-state index contributed by atoms with van der Waals surface area (Å²) < 4.78 is 5.12. The molecule has 0 saturated carbocycles. The average molecular weight is 417 g/mol. The number of nitrogens with one attached hydrogen (secondary N) is 1. The number of rotatable bonds is 3. The van der Waals surface area contributed by atoms with Gasteiger partial charge >= 0.3 is 6.03 Å². The molecule has 2 bridgehead atoms. The van der Waals surface area contributed by atoms with Gasteiger partial charge in [-0.1, -0.05) is 0 Å². The van der Waals surface area contributed by atoms with E-state index in [9.17, 15) is 4.79 Å².